The van der Waals surface area contributed by atoms with Crippen molar-refractivity contribution in [1.82, 2.24) is 9.97 Å². The number of anilines is 2. The third-order valence-corrected chi connectivity index (χ3v) is 8.12. The number of aromatic nitrogens is 2. The highest BCUT2D eigenvalue weighted by Crippen LogP contribution is 2.45. The van der Waals surface area contributed by atoms with E-state index < -0.39 is 10.8 Å². The Morgan fingerprint density at radius 3 is 2.40 bits per heavy atom. The molecule has 0 fully saturated rings. The van der Waals surface area contributed by atoms with Gasteiger partial charge in [-0.2, -0.15) is 0 Å². The van der Waals surface area contributed by atoms with Gasteiger partial charge in [0.25, 0.3) is 17.5 Å². The molecule has 3 heterocycles. The Kier molecular flexibility index (Phi) is 5.87. The van der Waals surface area contributed by atoms with Crippen LogP contribution in [-0.2, 0) is 0 Å². The van der Waals surface area contributed by atoms with Gasteiger partial charge < -0.3 is 25.3 Å². The molecule has 2 aromatic heterocycles. The van der Waals surface area contributed by atoms with Crippen molar-refractivity contribution in [1.29, 1.82) is 0 Å². The fraction of sp³-hybridized carbons (Fsp3) is 0.0968. The molecular formula is C31H22ClN5O5. The fourth-order valence-corrected chi connectivity index (χ4v) is 6.02. The van der Waals surface area contributed by atoms with Gasteiger partial charge in [-0.25, -0.2) is 0 Å². The van der Waals surface area contributed by atoms with E-state index in [-0.39, 0.29) is 29.0 Å². The van der Waals surface area contributed by atoms with Gasteiger partial charge in [0.2, 0.25) is 0 Å². The summed E-state index contributed by atoms with van der Waals surface area (Å²) in [6, 6.07) is 22.0. The smallest absolute Gasteiger partial charge is 0.274 e. The Hall–Kier alpha value is -5.35. The van der Waals surface area contributed by atoms with Crippen molar-refractivity contribution < 1.29 is 19.6 Å². The number of halogens is 1. The quantitative estimate of drug-likeness (QED) is 0.103. The summed E-state index contributed by atoms with van der Waals surface area (Å²) in [5.74, 6) is -0.324. The lowest BCUT2D eigenvalue weighted by molar-refractivity contribution is -0.384. The van der Waals surface area contributed by atoms with Crippen LogP contribution in [0.25, 0.3) is 32.6 Å². The molecule has 6 aromatic rings. The molecule has 4 aromatic carbocycles. The second-order valence-corrected chi connectivity index (χ2v) is 10.6. The number of carbonyl (C=O) groups excluding carboxylic acids is 2. The van der Waals surface area contributed by atoms with E-state index in [0.717, 1.165) is 21.7 Å². The first-order chi connectivity index (χ1) is 20.3. The van der Waals surface area contributed by atoms with E-state index in [4.69, 9.17) is 11.6 Å². The number of amides is 2. The van der Waals surface area contributed by atoms with E-state index in [1.807, 2.05) is 24.3 Å². The molecule has 7 rings (SSSR count). The zero-order valence-corrected chi connectivity index (χ0v) is 22.6. The summed E-state index contributed by atoms with van der Waals surface area (Å²) in [5.41, 5.74) is 3.97. The molecule has 0 radical (unpaired) electrons. The first kappa shape index (κ1) is 25.6. The molecular weight excluding hydrogens is 558 g/mol. The number of nitro benzene ring substituents is 1. The highest BCUT2D eigenvalue weighted by atomic mass is 35.5. The van der Waals surface area contributed by atoms with E-state index in [1.165, 1.54) is 12.1 Å². The summed E-state index contributed by atoms with van der Waals surface area (Å²) in [5, 5.41) is 27.5. The number of nitrogens with one attached hydrogen (secondary N) is 3. The molecule has 4 N–H and O–H groups in total. The number of carbonyl (C=O) groups is 2. The SMILES string of the molecule is O=C(Nc1ccc2[nH]c(C(=O)N3C[C@@H](CCl)c4c3cc(O)c3ccccc43)cc2c1)c1cc2cc([N+](=O)[O-])ccc2[nH]1. The van der Waals surface area contributed by atoms with Crippen LogP contribution in [-0.4, -0.2) is 44.2 Å². The van der Waals surface area contributed by atoms with E-state index >= 15 is 0 Å². The van der Waals surface area contributed by atoms with E-state index in [1.54, 1.807) is 47.4 Å². The van der Waals surface area contributed by atoms with Crippen LogP contribution in [0.5, 0.6) is 5.75 Å². The third kappa shape index (κ3) is 4.11. The number of phenols is 1. The molecule has 0 saturated carbocycles. The third-order valence-electron chi connectivity index (χ3n) is 7.74. The minimum Gasteiger partial charge on any atom is -0.507 e. The molecule has 0 spiro atoms. The van der Waals surface area contributed by atoms with Crippen LogP contribution < -0.4 is 10.2 Å². The zero-order chi connectivity index (χ0) is 29.1. The fourth-order valence-electron chi connectivity index (χ4n) is 5.77. The van der Waals surface area contributed by atoms with Gasteiger partial charge in [0.05, 0.1) is 10.6 Å². The lowest BCUT2D eigenvalue weighted by atomic mass is 9.95. The molecule has 11 heteroatoms. The number of H-pyrrole nitrogens is 2. The summed E-state index contributed by atoms with van der Waals surface area (Å²) in [6.07, 6.45) is 0. The number of nitro groups is 1. The standard InChI is InChI=1S/C31H22ClN5O5/c32-14-18-15-36(27-13-28(38)21-3-1-2-4-22(21)29(18)27)31(40)26-12-16-9-19(5-7-23(16)35-26)33-30(39)25-11-17-10-20(37(41)42)6-8-24(17)34-25/h1-13,18,34-35,38H,14-15H2,(H,33,39)/t18-/m1/s1. The van der Waals surface area contributed by atoms with Gasteiger partial charge in [0, 0.05) is 69.4 Å². The van der Waals surface area contributed by atoms with Crippen molar-refractivity contribution in [2.45, 2.75) is 5.92 Å². The Morgan fingerprint density at radius 1 is 0.952 bits per heavy atom. The average molecular weight is 580 g/mol. The normalized spacial score (nSPS) is 14.5. The predicted octanol–water partition coefficient (Wildman–Crippen LogP) is 6.65. The summed E-state index contributed by atoms with van der Waals surface area (Å²) < 4.78 is 0. The van der Waals surface area contributed by atoms with Crippen molar-refractivity contribution in [2.24, 2.45) is 0 Å². The Balaban J connectivity index is 1.16. The first-order valence-electron chi connectivity index (χ1n) is 13.1. The molecule has 1 aliphatic heterocycles. The molecule has 1 atom stereocenters. The van der Waals surface area contributed by atoms with Gasteiger partial charge in [-0.05, 0) is 47.3 Å². The molecule has 10 nitrogen and oxygen atoms in total. The van der Waals surface area contributed by atoms with Crippen LogP contribution in [0, 0.1) is 10.1 Å². The van der Waals surface area contributed by atoms with Gasteiger partial charge in [-0.3, -0.25) is 19.7 Å². The lowest BCUT2D eigenvalue weighted by Crippen LogP contribution is -2.30. The van der Waals surface area contributed by atoms with Crippen molar-refractivity contribution in [3.8, 4) is 5.75 Å². The molecule has 0 saturated heterocycles. The Labute approximate surface area is 242 Å². The van der Waals surface area contributed by atoms with Crippen LogP contribution in [0.4, 0.5) is 17.1 Å². The van der Waals surface area contributed by atoms with Crippen LogP contribution in [0.3, 0.4) is 0 Å². The molecule has 42 heavy (non-hydrogen) atoms. The molecule has 0 bridgehead atoms. The monoisotopic (exact) mass is 579 g/mol. The van der Waals surface area contributed by atoms with Gasteiger partial charge in [-0.1, -0.05) is 24.3 Å². The van der Waals surface area contributed by atoms with Crippen molar-refractivity contribution in [2.75, 3.05) is 22.6 Å². The van der Waals surface area contributed by atoms with Crippen LogP contribution >= 0.6 is 11.6 Å². The number of fused-ring (bicyclic) bond motifs is 5. The van der Waals surface area contributed by atoms with Gasteiger partial charge in [0.1, 0.15) is 17.1 Å². The Bertz CT molecular complexity index is 2100. The van der Waals surface area contributed by atoms with Gasteiger partial charge in [-0.15, -0.1) is 11.6 Å². The molecule has 0 unspecified atom stereocenters. The summed E-state index contributed by atoms with van der Waals surface area (Å²) in [4.78, 5) is 45.1. The van der Waals surface area contributed by atoms with E-state index in [0.29, 0.717) is 45.9 Å². The zero-order valence-electron chi connectivity index (χ0n) is 21.8. The number of rotatable bonds is 5. The highest BCUT2D eigenvalue weighted by Gasteiger charge is 2.35. The predicted molar refractivity (Wildman–Crippen MR) is 162 cm³/mol. The van der Waals surface area contributed by atoms with Crippen molar-refractivity contribution in [3.63, 3.8) is 0 Å². The number of hydrogen-bond donors (Lipinski definition) is 4. The van der Waals surface area contributed by atoms with Crippen molar-refractivity contribution in [3.05, 3.63) is 106 Å². The van der Waals surface area contributed by atoms with Gasteiger partial charge in [0.15, 0.2) is 0 Å². The minimum absolute atomic E-state index is 0.0579. The number of hydrogen-bond acceptors (Lipinski definition) is 5. The average Bonchev–Trinajstić information content (AvgIpc) is 3.71. The second kappa shape index (κ2) is 9.64. The van der Waals surface area contributed by atoms with Crippen molar-refractivity contribution >= 4 is 73.1 Å². The Morgan fingerprint density at radius 2 is 1.64 bits per heavy atom. The van der Waals surface area contributed by atoms with Crippen LogP contribution in [0.15, 0.2) is 78.9 Å². The maximum Gasteiger partial charge on any atom is 0.274 e. The number of nitrogens with zero attached hydrogens (tertiary/aromatic N) is 2. The summed E-state index contributed by atoms with van der Waals surface area (Å²) in [6.45, 7) is 0.384. The number of benzene rings is 4. The maximum absolute atomic E-state index is 13.7. The number of alkyl halides is 1. The second-order valence-electron chi connectivity index (χ2n) is 10.3. The van der Waals surface area contributed by atoms with E-state index in [9.17, 15) is 24.8 Å². The largest absolute Gasteiger partial charge is 0.507 e. The number of non-ortho nitro benzene ring substituents is 1. The topological polar surface area (TPSA) is 144 Å². The van der Waals surface area contributed by atoms with Crippen LogP contribution in [0.2, 0.25) is 0 Å². The summed E-state index contributed by atoms with van der Waals surface area (Å²) in [7, 11) is 0. The number of aromatic amines is 2. The first-order valence-corrected chi connectivity index (χ1v) is 13.7. The molecule has 208 valence electrons. The maximum atomic E-state index is 13.7. The van der Waals surface area contributed by atoms with Gasteiger partial charge >= 0.3 is 0 Å². The highest BCUT2D eigenvalue weighted by molar-refractivity contribution is 6.19. The minimum atomic E-state index is -0.484. The van der Waals surface area contributed by atoms with E-state index in [2.05, 4.69) is 15.3 Å². The number of aromatic hydroxyl groups is 1. The lowest BCUT2D eigenvalue weighted by Gasteiger charge is -2.17. The molecule has 2 amide bonds. The number of phenolic OH excluding ortho intramolecular Hbond substituents is 1. The summed E-state index contributed by atoms with van der Waals surface area (Å²) >= 11 is 6.33. The molecule has 0 aliphatic carbocycles. The van der Waals surface area contributed by atoms with Crippen LogP contribution in [0.1, 0.15) is 32.5 Å². The molecule has 1 aliphatic rings.